The molecule has 0 spiro atoms. The van der Waals surface area contributed by atoms with Gasteiger partial charge in [-0.3, -0.25) is 5.10 Å². The topological polar surface area (TPSA) is 53.6 Å². The molecule has 19 heavy (non-hydrogen) atoms. The Hall–Kier alpha value is -1.11. The molecule has 2 N–H and O–H groups in total. The summed E-state index contributed by atoms with van der Waals surface area (Å²) in [5, 5.41) is 9.88. The van der Waals surface area contributed by atoms with Gasteiger partial charge in [0.05, 0.1) is 6.54 Å². The van der Waals surface area contributed by atoms with Crippen LogP contribution in [0, 0.1) is 12.8 Å². The van der Waals surface area contributed by atoms with Gasteiger partial charge in [-0.25, -0.2) is 4.98 Å². The van der Waals surface area contributed by atoms with Gasteiger partial charge in [-0.15, -0.1) is 0 Å². The summed E-state index contributed by atoms with van der Waals surface area (Å²) in [6.07, 6.45) is -1.47. The zero-order chi connectivity index (χ0) is 13.9. The zero-order valence-electron chi connectivity index (χ0n) is 10.9. The van der Waals surface area contributed by atoms with Crippen LogP contribution < -0.4 is 5.32 Å². The van der Waals surface area contributed by atoms with Crippen LogP contribution in [0.3, 0.4) is 0 Å². The van der Waals surface area contributed by atoms with Gasteiger partial charge in [-0.2, -0.15) is 18.3 Å². The monoisotopic (exact) mass is 276 g/mol. The van der Waals surface area contributed by atoms with Crippen molar-refractivity contribution in [2.75, 3.05) is 0 Å². The van der Waals surface area contributed by atoms with Crippen molar-refractivity contribution in [3.63, 3.8) is 0 Å². The van der Waals surface area contributed by atoms with Gasteiger partial charge in [0.15, 0.2) is 5.82 Å². The zero-order valence-corrected chi connectivity index (χ0v) is 10.9. The van der Waals surface area contributed by atoms with Crippen molar-refractivity contribution in [3.05, 3.63) is 11.6 Å². The van der Waals surface area contributed by atoms with Crippen LogP contribution in [0.4, 0.5) is 13.2 Å². The maximum absolute atomic E-state index is 12.5. The van der Waals surface area contributed by atoms with Gasteiger partial charge in [-0.1, -0.05) is 12.8 Å². The standard InChI is InChI=1S/C12H19F3N4/c1-8-17-11(19-18-8)7-16-10-5-3-2-4-9(10)6-12(13,14)15/h9-10,16H,2-7H2,1H3,(H,17,18,19)/t9-,10-/m0/s1. The van der Waals surface area contributed by atoms with Crippen molar-refractivity contribution in [1.82, 2.24) is 20.5 Å². The molecule has 0 radical (unpaired) electrons. The van der Waals surface area contributed by atoms with Gasteiger partial charge in [0.1, 0.15) is 5.82 Å². The molecule has 2 rings (SSSR count). The number of hydrogen-bond donors (Lipinski definition) is 2. The summed E-state index contributed by atoms with van der Waals surface area (Å²) < 4.78 is 37.6. The average Bonchev–Trinajstić information content (AvgIpc) is 2.72. The van der Waals surface area contributed by atoms with Gasteiger partial charge in [0.25, 0.3) is 0 Å². The van der Waals surface area contributed by atoms with Crippen molar-refractivity contribution >= 4 is 0 Å². The third-order valence-corrected chi connectivity index (χ3v) is 3.57. The number of aromatic amines is 1. The van der Waals surface area contributed by atoms with E-state index >= 15 is 0 Å². The molecule has 0 unspecified atom stereocenters. The largest absolute Gasteiger partial charge is 0.389 e. The number of nitrogens with one attached hydrogen (secondary N) is 2. The van der Waals surface area contributed by atoms with E-state index in [1.807, 2.05) is 0 Å². The lowest BCUT2D eigenvalue weighted by molar-refractivity contribution is -0.148. The molecule has 1 aliphatic rings. The van der Waals surface area contributed by atoms with E-state index in [0.717, 1.165) is 19.3 Å². The molecule has 0 aromatic carbocycles. The Bertz CT molecular complexity index is 402. The molecule has 1 aliphatic carbocycles. The van der Waals surface area contributed by atoms with E-state index in [0.29, 0.717) is 24.6 Å². The summed E-state index contributed by atoms with van der Waals surface area (Å²) in [6.45, 7) is 2.22. The Balaban J connectivity index is 1.88. The Morgan fingerprint density at radius 2 is 2.05 bits per heavy atom. The Kier molecular flexibility index (Phi) is 4.44. The third-order valence-electron chi connectivity index (χ3n) is 3.57. The SMILES string of the molecule is Cc1nc(CN[C@H]2CCCC[C@H]2CC(F)(F)F)n[nH]1. The summed E-state index contributed by atoms with van der Waals surface area (Å²) in [5.41, 5.74) is 0. The van der Waals surface area contributed by atoms with Crippen molar-refractivity contribution in [2.24, 2.45) is 5.92 Å². The summed E-state index contributed by atoms with van der Waals surface area (Å²) >= 11 is 0. The van der Waals surface area contributed by atoms with Crippen molar-refractivity contribution in [3.8, 4) is 0 Å². The quantitative estimate of drug-likeness (QED) is 0.889. The number of rotatable bonds is 4. The van der Waals surface area contributed by atoms with Crippen LogP contribution >= 0.6 is 0 Å². The molecule has 108 valence electrons. The highest BCUT2D eigenvalue weighted by Gasteiger charge is 2.36. The number of aryl methyl sites for hydroxylation is 1. The fourth-order valence-electron chi connectivity index (χ4n) is 2.71. The van der Waals surface area contributed by atoms with Crippen LogP contribution in [0.5, 0.6) is 0 Å². The number of H-pyrrole nitrogens is 1. The fourth-order valence-corrected chi connectivity index (χ4v) is 2.71. The third kappa shape index (κ3) is 4.49. The van der Waals surface area contributed by atoms with Crippen molar-refractivity contribution < 1.29 is 13.2 Å². The first kappa shape index (κ1) is 14.3. The van der Waals surface area contributed by atoms with Gasteiger partial charge in [0, 0.05) is 12.5 Å². The van der Waals surface area contributed by atoms with Gasteiger partial charge in [0.2, 0.25) is 0 Å². The lowest BCUT2D eigenvalue weighted by Crippen LogP contribution is -2.40. The summed E-state index contributed by atoms with van der Waals surface area (Å²) in [6, 6.07) is -0.0887. The molecule has 1 fully saturated rings. The predicted molar refractivity (Wildman–Crippen MR) is 64.4 cm³/mol. The second-order valence-electron chi connectivity index (χ2n) is 5.19. The van der Waals surface area contributed by atoms with E-state index in [1.54, 1.807) is 6.92 Å². The molecule has 0 aliphatic heterocycles. The second kappa shape index (κ2) is 5.90. The molecular weight excluding hydrogens is 257 g/mol. The van der Waals surface area contributed by atoms with Crippen LogP contribution in [-0.4, -0.2) is 27.4 Å². The average molecular weight is 276 g/mol. The molecule has 1 aromatic heterocycles. The number of halogens is 3. The molecule has 0 saturated heterocycles. The maximum atomic E-state index is 12.5. The minimum Gasteiger partial charge on any atom is -0.307 e. The van der Waals surface area contributed by atoms with E-state index in [4.69, 9.17) is 0 Å². The van der Waals surface area contributed by atoms with E-state index in [9.17, 15) is 13.2 Å². The van der Waals surface area contributed by atoms with Gasteiger partial charge < -0.3 is 5.32 Å². The minimum atomic E-state index is -4.08. The number of alkyl halides is 3. The molecular formula is C12H19F3N4. The smallest absolute Gasteiger partial charge is 0.307 e. The molecule has 2 atom stereocenters. The predicted octanol–water partition coefficient (Wildman–Crippen LogP) is 2.71. The van der Waals surface area contributed by atoms with Gasteiger partial charge >= 0.3 is 6.18 Å². The van der Waals surface area contributed by atoms with E-state index in [1.165, 1.54) is 0 Å². The molecule has 0 bridgehead atoms. The van der Waals surface area contributed by atoms with Crippen LogP contribution in [0.15, 0.2) is 0 Å². The number of hydrogen-bond acceptors (Lipinski definition) is 3. The highest BCUT2D eigenvalue weighted by molar-refractivity contribution is 4.89. The molecule has 7 heteroatoms. The summed E-state index contributed by atoms with van der Waals surface area (Å²) in [5.74, 6) is 0.995. The maximum Gasteiger partial charge on any atom is 0.389 e. The van der Waals surface area contributed by atoms with Crippen LogP contribution in [0.1, 0.15) is 43.8 Å². The summed E-state index contributed by atoms with van der Waals surface area (Å²) in [4.78, 5) is 4.14. The number of nitrogens with zero attached hydrogens (tertiary/aromatic N) is 2. The Labute approximate surface area is 110 Å². The molecule has 1 saturated carbocycles. The first-order chi connectivity index (χ1) is 8.94. The van der Waals surface area contributed by atoms with E-state index in [2.05, 4.69) is 20.5 Å². The van der Waals surface area contributed by atoms with Crippen LogP contribution in [0.2, 0.25) is 0 Å². The highest BCUT2D eigenvalue weighted by Crippen LogP contribution is 2.34. The molecule has 4 nitrogen and oxygen atoms in total. The normalized spacial score (nSPS) is 24.6. The Morgan fingerprint density at radius 3 is 2.68 bits per heavy atom. The molecule has 1 aromatic rings. The highest BCUT2D eigenvalue weighted by atomic mass is 19.4. The van der Waals surface area contributed by atoms with Crippen LogP contribution in [-0.2, 0) is 6.54 Å². The first-order valence-electron chi connectivity index (χ1n) is 6.62. The van der Waals surface area contributed by atoms with E-state index < -0.39 is 12.6 Å². The Morgan fingerprint density at radius 1 is 1.32 bits per heavy atom. The minimum absolute atomic E-state index is 0.0887. The van der Waals surface area contributed by atoms with Crippen molar-refractivity contribution in [1.29, 1.82) is 0 Å². The number of aromatic nitrogens is 3. The van der Waals surface area contributed by atoms with Crippen LogP contribution in [0.25, 0.3) is 0 Å². The molecule has 1 heterocycles. The van der Waals surface area contributed by atoms with Crippen molar-refractivity contribution in [2.45, 2.75) is 57.8 Å². The summed E-state index contributed by atoms with van der Waals surface area (Å²) in [7, 11) is 0. The molecule has 0 amide bonds. The lowest BCUT2D eigenvalue weighted by atomic mass is 9.82. The van der Waals surface area contributed by atoms with E-state index in [-0.39, 0.29) is 12.0 Å². The first-order valence-corrected chi connectivity index (χ1v) is 6.62. The second-order valence-corrected chi connectivity index (χ2v) is 5.19. The van der Waals surface area contributed by atoms with Gasteiger partial charge in [-0.05, 0) is 25.7 Å². The fraction of sp³-hybridized carbons (Fsp3) is 0.833. The lowest BCUT2D eigenvalue weighted by Gasteiger charge is -2.32.